The highest BCUT2D eigenvalue weighted by molar-refractivity contribution is 6.67. The number of rotatable bonds is 12. The molecule has 0 heterocycles. The van der Waals surface area contributed by atoms with Crippen LogP contribution in [0.3, 0.4) is 0 Å². The quantitative estimate of drug-likeness (QED) is 0.368. The first kappa shape index (κ1) is 17.1. The second-order valence-electron chi connectivity index (χ2n) is 4.77. The van der Waals surface area contributed by atoms with Crippen molar-refractivity contribution in [3.8, 4) is 0 Å². The van der Waals surface area contributed by atoms with Crippen LogP contribution < -0.4 is 0 Å². The Hall–Kier alpha value is 0.137. The van der Waals surface area contributed by atoms with Crippen molar-refractivity contribution in [3.05, 3.63) is 0 Å². The summed E-state index contributed by atoms with van der Waals surface area (Å²) in [5.41, 5.74) is 0. The van der Waals surface area contributed by atoms with E-state index < -0.39 is 8.56 Å². The molecular weight excluding hydrogens is 228 g/mol. The van der Waals surface area contributed by atoms with Gasteiger partial charge in [-0.25, -0.2) is 0 Å². The number of hydrogen-bond acceptors (Lipinski definition) is 2. The summed E-state index contributed by atoms with van der Waals surface area (Å²) in [6.45, 7) is 10.6. The van der Waals surface area contributed by atoms with Gasteiger partial charge < -0.3 is 8.85 Å². The molecule has 0 spiro atoms. The first-order chi connectivity index (χ1) is 8.24. The van der Waals surface area contributed by atoms with Crippen molar-refractivity contribution in [3.63, 3.8) is 0 Å². The Morgan fingerprint density at radius 3 is 1.71 bits per heavy atom. The normalized spacial score (nSPS) is 12.0. The predicted molar refractivity (Wildman–Crippen MR) is 77.7 cm³/mol. The van der Waals surface area contributed by atoms with E-state index in [1.54, 1.807) is 0 Å². The van der Waals surface area contributed by atoms with Crippen molar-refractivity contribution in [2.75, 3.05) is 13.2 Å². The first-order valence-electron chi connectivity index (χ1n) is 7.52. The van der Waals surface area contributed by atoms with Crippen molar-refractivity contribution >= 4 is 8.56 Å². The molecule has 17 heavy (non-hydrogen) atoms. The molecule has 0 bridgehead atoms. The fourth-order valence-corrected chi connectivity index (χ4v) is 5.04. The van der Waals surface area contributed by atoms with Gasteiger partial charge in [-0.3, -0.25) is 0 Å². The second kappa shape index (κ2) is 11.2. The van der Waals surface area contributed by atoms with Gasteiger partial charge in [-0.15, -0.1) is 0 Å². The third-order valence-corrected chi connectivity index (χ3v) is 6.74. The molecule has 104 valence electrons. The van der Waals surface area contributed by atoms with E-state index in [2.05, 4.69) is 27.7 Å². The zero-order valence-corrected chi connectivity index (χ0v) is 13.4. The molecule has 0 fully saturated rings. The van der Waals surface area contributed by atoms with Gasteiger partial charge in [0.2, 0.25) is 0 Å². The third kappa shape index (κ3) is 7.95. The Labute approximate surface area is 109 Å². The minimum Gasteiger partial charge on any atom is -0.394 e. The van der Waals surface area contributed by atoms with Crippen LogP contribution >= 0.6 is 0 Å². The Morgan fingerprint density at radius 2 is 1.29 bits per heavy atom. The zero-order valence-electron chi connectivity index (χ0n) is 12.4. The minimum absolute atomic E-state index is 0.873. The lowest BCUT2D eigenvalue weighted by Crippen LogP contribution is -2.42. The molecule has 0 aromatic carbocycles. The smallest absolute Gasteiger partial charge is 0.337 e. The monoisotopic (exact) mass is 260 g/mol. The highest BCUT2D eigenvalue weighted by Crippen LogP contribution is 2.23. The van der Waals surface area contributed by atoms with Crippen LogP contribution in [-0.4, -0.2) is 21.8 Å². The Kier molecular flexibility index (Phi) is 11.3. The van der Waals surface area contributed by atoms with Crippen LogP contribution in [0.15, 0.2) is 0 Å². The first-order valence-corrected chi connectivity index (χ1v) is 9.75. The Morgan fingerprint density at radius 1 is 0.706 bits per heavy atom. The maximum Gasteiger partial charge on any atom is 0.337 e. The lowest BCUT2D eigenvalue weighted by Gasteiger charge is -2.29. The molecule has 0 N–H and O–H groups in total. The van der Waals surface area contributed by atoms with Gasteiger partial charge in [0.15, 0.2) is 0 Å². The summed E-state index contributed by atoms with van der Waals surface area (Å²) in [6.07, 6.45) is 7.44. The second-order valence-corrected chi connectivity index (χ2v) is 8.38. The minimum atomic E-state index is -1.86. The molecule has 0 aliphatic carbocycles. The molecule has 0 radical (unpaired) electrons. The van der Waals surface area contributed by atoms with Gasteiger partial charge in [-0.1, -0.05) is 53.4 Å². The van der Waals surface area contributed by atoms with Crippen molar-refractivity contribution in [2.24, 2.45) is 0 Å². The van der Waals surface area contributed by atoms with E-state index in [1.165, 1.54) is 31.7 Å². The van der Waals surface area contributed by atoms with E-state index >= 15 is 0 Å². The number of unbranched alkanes of at least 4 members (excludes halogenated alkanes) is 3. The highest BCUT2D eigenvalue weighted by atomic mass is 28.4. The molecule has 0 aromatic heterocycles. The lowest BCUT2D eigenvalue weighted by atomic mass is 10.2. The van der Waals surface area contributed by atoms with Crippen molar-refractivity contribution in [2.45, 2.75) is 78.3 Å². The standard InChI is InChI=1S/C14H32O2Si/c1-5-9-10-11-14-17(8-4,15-12-6-2)16-13-7-3/h5-14H2,1-4H3. The molecule has 0 unspecified atom stereocenters. The molecule has 0 saturated heterocycles. The number of hydrogen-bond donors (Lipinski definition) is 0. The molecule has 0 atom stereocenters. The van der Waals surface area contributed by atoms with Crippen LogP contribution in [0.2, 0.25) is 12.1 Å². The maximum absolute atomic E-state index is 6.13. The molecule has 0 rings (SSSR count). The summed E-state index contributed by atoms with van der Waals surface area (Å²) in [5.74, 6) is 0. The van der Waals surface area contributed by atoms with Crippen LogP contribution in [0, 0.1) is 0 Å². The third-order valence-electron chi connectivity index (χ3n) is 3.09. The summed E-state index contributed by atoms with van der Waals surface area (Å²) < 4.78 is 12.3. The van der Waals surface area contributed by atoms with Crippen molar-refractivity contribution in [1.29, 1.82) is 0 Å². The SMILES string of the molecule is CCCCCC[Si](CC)(OCCC)OCCC. The van der Waals surface area contributed by atoms with Crippen LogP contribution in [0.1, 0.15) is 66.2 Å². The van der Waals surface area contributed by atoms with Gasteiger partial charge in [-0.05, 0) is 24.9 Å². The molecule has 0 amide bonds. The van der Waals surface area contributed by atoms with E-state index in [-0.39, 0.29) is 0 Å². The van der Waals surface area contributed by atoms with E-state index in [1.807, 2.05) is 0 Å². The molecule has 0 aliphatic heterocycles. The zero-order chi connectivity index (χ0) is 13.0. The van der Waals surface area contributed by atoms with Crippen LogP contribution in [0.25, 0.3) is 0 Å². The van der Waals surface area contributed by atoms with Crippen LogP contribution in [-0.2, 0) is 8.85 Å². The predicted octanol–water partition coefficient (Wildman–Crippen LogP) is 4.88. The summed E-state index contributed by atoms with van der Waals surface area (Å²) in [4.78, 5) is 0. The Balaban J connectivity index is 4.12. The molecular formula is C14H32O2Si. The summed E-state index contributed by atoms with van der Waals surface area (Å²) in [7, 11) is -1.86. The molecule has 0 aromatic rings. The fraction of sp³-hybridized carbons (Fsp3) is 1.00. The van der Waals surface area contributed by atoms with Crippen LogP contribution in [0.5, 0.6) is 0 Å². The summed E-state index contributed by atoms with van der Waals surface area (Å²) in [6, 6.07) is 2.28. The lowest BCUT2D eigenvalue weighted by molar-refractivity contribution is 0.167. The average Bonchev–Trinajstić information content (AvgIpc) is 2.37. The summed E-state index contributed by atoms with van der Waals surface area (Å²) in [5, 5.41) is 0. The van der Waals surface area contributed by atoms with Gasteiger partial charge >= 0.3 is 8.56 Å². The van der Waals surface area contributed by atoms with E-state index in [4.69, 9.17) is 8.85 Å². The topological polar surface area (TPSA) is 18.5 Å². The van der Waals surface area contributed by atoms with E-state index in [0.717, 1.165) is 32.1 Å². The van der Waals surface area contributed by atoms with E-state index in [9.17, 15) is 0 Å². The molecule has 3 heteroatoms. The Bertz CT molecular complexity index is 154. The van der Waals surface area contributed by atoms with Crippen molar-refractivity contribution < 1.29 is 8.85 Å². The highest BCUT2D eigenvalue weighted by Gasteiger charge is 2.34. The van der Waals surface area contributed by atoms with Gasteiger partial charge in [0.25, 0.3) is 0 Å². The molecule has 0 saturated carbocycles. The van der Waals surface area contributed by atoms with E-state index in [0.29, 0.717) is 0 Å². The largest absolute Gasteiger partial charge is 0.394 e. The van der Waals surface area contributed by atoms with Crippen molar-refractivity contribution in [1.82, 2.24) is 0 Å². The van der Waals surface area contributed by atoms with Crippen LogP contribution in [0.4, 0.5) is 0 Å². The maximum atomic E-state index is 6.13. The molecule has 0 aliphatic rings. The van der Waals surface area contributed by atoms with Gasteiger partial charge in [0, 0.05) is 13.2 Å². The average molecular weight is 260 g/mol. The van der Waals surface area contributed by atoms with Gasteiger partial charge in [0.1, 0.15) is 0 Å². The molecule has 2 nitrogen and oxygen atoms in total. The fourth-order valence-electron chi connectivity index (χ4n) is 1.96. The van der Waals surface area contributed by atoms with Gasteiger partial charge in [-0.2, -0.15) is 0 Å². The van der Waals surface area contributed by atoms with Gasteiger partial charge in [0.05, 0.1) is 0 Å². The summed E-state index contributed by atoms with van der Waals surface area (Å²) >= 11 is 0.